The van der Waals surface area contributed by atoms with Gasteiger partial charge in [-0.3, -0.25) is 0 Å². The lowest BCUT2D eigenvalue weighted by atomic mass is 9.93. The van der Waals surface area contributed by atoms with E-state index in [-0.39, 0.29) is 0 Å². The van der Waals surface area contributed by atoms with E-state index in [2.05, 4.69) is 49.6 Å². The van der Waals surface area contributed by atoms with Crippen molar-refractivity contribution in [2.45, 2.75) is 219 Å². The Labute approximate surface area is 246 Å². The molecule has 230 valence electrons. The van der Waals surface area contributed by atoms with Crippen LogP contribution in [0.2, 0.25) is 0 Å². The lowest BCUT2D eigenvalue weighted by Crippen LogP contribution is -2.41. The van der Waals surface area contributed by atoms with E-state index in [1.54, 1.807) is 0 Å². The Hall–Kier alpha value is -0.790. The minimum atomic E-state index is 0.621. The zero-order valence-electron chi connectivity index (χ0n) is 27.6. The highest BCUT2D eigenvalue weighted by molar-refractivity contribution is 4.90. The van der Waals surface area contributed by atoms with Crippen molar-refractivity contribution in [1.82, 2.24) is 4.98 Å². The molecule has 0 saturated heterocycles. The molecule has 0 saturated carbocycles. The van der Waals surface area contributed by atoms with Crippen molar-refractivity contribution in [2.24, 2.45) is 0 Å². The van der Waals surface area contributed by atoms with Gasteiger partial charge >= 0.3 is 0 Å². The largest absolute Gasteiger partial charge is 0.257 e. The van der Waals surface area contributed by atoms with Gasteiger partial charge in [0, 0.05) is 0 Å². The number of nitrogens with one attached hydrogen (secondary N) is 1. The number of hydrogen-bond donors (Lipinski definition) is 1. The van der Waals surface area contributed by atoms with Gasteiger partial charge < -0.3 is 0 Å². The molecule has 0 fully saturated rings. The zero-order valence-corrected chi connectivity index (χ0v) is 27.6. The number of rotatable bonds is 30. The lowest BCUT2D eigenvalue weighted by molar-refractivity contribution is -0.727. The number of unbranched alkanes of at least 4 members (excludes halogenated alkanes) is 22. The van der Waals surface area contributed by atoms with Gasteiger partial charge in [0.15, 0.2) is 0 Å². The monoisotopic (exact) mass is 546 g/mol. The van der Waals surface area contributed by atoms with Crippen molar-refractivity contribution in [3.8, 4) is 0 Å². The van der Waals surface area contributed by atoms with Gasteiger partial charge in [0.1, 0.15) is 12.4 Å². The molecule has 2 unspecified atom stereocenters. The van der Waals surface area contributed by atoms with Gasteiger partial charge in [0.25, 0.3) is 5.82 Å². The van der Waals surface area contributed by atoms with Gasteiger partial charge in [-0.25, -0.2) is 9.55 Å². The van der Waals surface area contributed by atoms with Crippen LogP contribution in [0.1, 0.15) is 225 Å². The average molecular weight is 546 g/mol. The number of H-pyrrole nitrogens is 1. The molecule has 1 N–H and O–H groups in total. The number of hydrogen-bond acceptors (Lipinski definition) is 0. The molecule has 0 aliphatic carbocycles. The number of aromatic amines is 1. The first-order chi connectivity index (χ1) is 19.2. The van der Waals surface area contributed by atoms with E-state index in [9.17, 15) is 0 Å². The summed E-state index contributed by atoms with van der Waals surface area (Å²) in [5.41, 5.74) is 0. The normalized spacial score (nSPS) is 13.2. The molecule has 0 bridgehead atoms. The predicted octanol–water partition coefficient (Wildman–Crippen LogP) is 12.9. The van der Waals surface area contributed by atoms with Gasteiger partial charge in [0.2, 0.25) is 0 Å². The molecule has 0 radical (unpaired) electrons. The fourth-order valence-corrected chi connectivity index (χ4v) is 6.43. The molecular formula is C37H73N2+. The maximum absolute atomic E-state index is 3.72. The summed E-state index contributed by atoms with van der Waals surface area (Å²) in [7, 11) is 0. The number of aromatic nitrogens is 2. The second-order valence-electron chi connectivity index (χ2n) is 12.9. The molecular weight excluding hydrogens is 472 g/mol. The van der Waals surface area contributed by atoms with E-state index in [1.807, 2.05) is 0 Å². The van der Waals surface area contributed by atoms with E-state index < -0.39 is 0 Å². The fraction of sp³-hybridized carbons (Fsp3) is 0.919. The van der Waals surface area contributed by atoms with Crippen LogP contribution in [-0.4, -0.2) is 4.98 Å². The van der Waals surface area contributed by atoms with Crippen LogP contribution in [-0.2, 0) is 0 Å². The van der Waals surface area contributed by atoms with Crippen molar-refractivity contribution in [2.75, 3.05) is 0 Å². The van der Waals surface area contributed by atoms with Crippen LogP contribution in [0, 0.1) is 0 Å². The first-order valence-corrected chi connectivity index (χ1v) is 18.3. The van der Waals surface area contributed by atoms with Crippen LogP contribution >= 0.6 is 0 Å². The molecule has 0 aromatic carbocycles. The van der Waals surface area contributed by atoms with E-state index in [0.717, 1.165) is 0 Å². The van der Waals surface area contributed by atoms with Gasteiger partial charge in [-0.1, -0.05) is 175 Å². The standard InChI is InChI=1S/C37H72N2/c1-5-8-11-14-16-18-19-20-22-24-26-29-32-36(31-28-13-10-7-3)37-38-33-34-39(37)35(4)30-27-25-23-21-17-15-12-9-6-2/h33-36H,5-32H2,1-4H3/p+1. The Morgan fingerprint density at radius 3 is 1.23 bits per heavy atom. The molecule has 0 spiro atoms. The summed E-state index contributed by atoms with van der Waals surface area (Å²) >= 11 is 0. The van der Waals surface area contributed by atoms with E-state index >= 15 is 0 Å². The number of nitrogens with zero attached hydrogens (tertiary/aromatic N) is 1. The fourth-order valence-electron chi connectivity index (χ4n) is 6.43. The lowest BCUT2D eigenvalue weighted by Gasteiger charge is -2.17. The maximum atomic E-state index is 3.72. The van der Waals surface area contributed by atoms with E-state index in [4.69, 9.17) is 0 Å². The predicted molar refractivity (Wildman–Crippen MR) is 175 cm³/mol. The van der Waals surface area contributed by atoms with Crippen LogP contribution in [0.5, 0.6) is 0 Å². The second-order valence-corrected chi connectivity index (χ2v) is 12.9. The third-order valence-corrected chi connectivity index (χ3v) is 9.14. The first kappa shape index (κ1) is 36.2. The maximum Gasteiger partial charge on any atom is 0.257 e. The molecule has 0 aliphatic rings. The molecule has 1 aromatic heterocycles. The molecule has 39 heavy (non-hydrogen) atoms. The highest BCUT2D eigenvalue weighted by atomic mass is 15.1. The van der Waals surface area contributed by atoms with Gasteiger partial charge in [0.05, 0.1) is 12.0 Å². The summed E-state index contributed by atoms with van der Waals surface area (Å²) < 4.78 is 2.62. The van der Waals surface area contributed by atoms with Crippen molar-refractivity contribution in [3.05, 3.63) is 18.2 Å². The Morgan fingerprint density at radius 2 is 0.821 bits per heavy atom. The molecule has 2 nitrogen and oxygen atoms in total. The molecule has 2 atom stereocenters. The van der Waals surface area contributed by atoms with Crippen LogP contribution in [0.3, 0.4) is 0 Å². The average Bonchev–Trinajstić information content (AvgIpc) is 3.44. The Kier molecular flexibility index (Phi) is 25.4. The summed E-state index contributed by atoms with van der Waals surface area (Å²) in [6.45, 7) is 9.41. The first-order valence-electron chi connectivity index (χ1n) is 18.3. The summed E-state index contributed by atoms with van der Waals surface area (Å²) in [4.78, 5) is 3.72. The topological polar surface area (TPSA) is 19.7 Å². The number of imidazole rings is 1. The summed E-state index contributed by atoms with van der Waals surface area (Å²) in [6, 6.07) is 0.621. The van der Waals surface area contributed by atoms with Crippen molar-refractivity contribution in [1.29, 1.82) is 0 Å². The molecule has 1 aromatic rings. The van der Waals surface area contributed by atoms with Crippen LogP contribution < -0.4 is 4.57 Å². The minimum Gasteiger partial charge on any atom is -0.247 e. The zero-order chi connectivity index (χ0) is 28.2. The van der Waals surface area contributed by atoms with E-state index in [0.29, 0.717) is 12.0 Å². The molecule has 2 heteroatoms. The molecule has 1 rings (SSSR count). The van der Waals surface area contributed by atoms with Gasteiger partial charge in [-0.15, -0.1) is 0 Å². The second kappa shape index (κ2) is 27.4. The third-order valence-electron chi connectivity index (χ3n) is 9.14. The Bertz CT molecular complexity index is 606. The highest BCUT2D eigenvalue weighted by Gasteiger charge is 2.25. The molecule has 0 aliphatic heterocycles. The third kappa shape index (κ3) is 19.8. The highest BCUT2D eigenvalue weighted by Crippen LogP contribution is 2.27. The van der Waals surface area contributed by atoms with Crippen LogP contribution in [0.25, 0.3) is 0 Å². The minimum absolute atomic E-state index is 0.621. The van der Waals surface area contributed by atoms with Crippen molar-refractivity contribution < 1.29 is 4.57 Å². The van der Waals surface area contributed by atoms with Crippen molar-refractivity contribution in [3.63, 3.8) is 0 Å². The quantitative estimate of drug-likeness (QED) is 0.0732. The smallest absolute Gasteiger partial charge is 0.247 e. The van der Waals surface area contributed by atoms with E-state index in [1.165, 1.54) is 186 Å². The molecule has 1 heterocycles. The summed E-state index contributed by atoms with van der Waals surface area (Å²) in [6.07, 6.45) is 44.2. The summed E-state index contributed by atoms with van der Waals surface area (Å²) in [5, 5.41) is 0. The van der Waals surface area contributed by atoms with Gasteiger partial charge in [-0.2, -0.15) is 0 Å². The van der Waals surface area contributed by atoms with Crippen LogP contribution in [0.4, 0.5) is 0 Å². The van der Waals surface area contributed by atoms with Gasteiger partial charge in [-0.05, 0) is 32.6 Å². The van der Waals surface area contributed by atoms with Crippen molar-refractivity contribution >= 4 is 0 Å². The van der Waals surface area contributed by atoms with Crippen LogP contribution in [0.15, 0.2) is 12.4 Å². The Morgan fingerprint density at radius 1 is 0.487 bits per heavy atom. The SMILES string of the molecule is CCCCCCCCCCCCCCC(CCCCCC)c1[nH]cc[n+]1C(C)CCCCCCCCCCC. The summed E-state index contributed by atoms with van der Waals surface area (Å²) in [5.74, 6) is 2.24. The Balaban J connectivity index is 2.35. The molecule has 0 amide bonds.